The van der Waals surface area contributed by atoms with Gasteiger partial charge in [0.2, 0.25) is 0 Å². The third-order valence-corrected chi connectivity index (χ3v) is 3.53. The van der Waals surface area contributed by atoms with Gasteiger partial charge in [-0.25, -0.2) is 8.78 Å². The Morgan fingerprint density at radius 2 is 1.90 bits per heavy atom. The van der Waals surface area contributed by atoms with Gasteiger partial charge in [-0.15, -0.1) is 11.8 Å². The molecule has 102 valence electrons. The molecule has 0 spiro atoms. The first-order chi connectivity index (χ1) is 9.63. The molecular formula is C15H12F2N2S. The van der Waals surface area contributed by atoms with Crippen LogP contribution < -0.4 is 5.32 Å². The molecular weight excluding hydrogens is 278 g/mol. The van der Waals surface area contributed by atoms with E-state index in [0.29, 0.717) is 0 Å². The lowest BCUT2D eigenvalue weighted by Crippen LogP contribution is -2.05. The molecule has 0 aliphatic heterocycles. The van der Waals surface area contributed by atoms with E-state index in [1.807, 2.05) is 30.5 Å². The summed E-state index contributed by atoms with van der Waals surface area (Å²) in [5.74, 6) is -1.43. The molecule has 2 nitrogen and oxygen atoms in total. The molecule has 0 atom stereocenters. The van der Waals surface area contributed by atoms with Gasteiger partial charge in [-0.05, 0) is 36.6 Å². The second-order valence-corrected chi connectivity index (χ2v) is 5.00. The lowest BCUT2D eigenvalue weighted by atomic mass is 10.1. The average molecular weight is 290 g/mol. The molecule has 0 saturated heterocycles. The molecule has 2 aromatic rings. The van der Waals surface area contributed by atoms with Crippen LogP contribution in [0.2, 0.25) is 0 Å². The van der Waals surface area contributed by atoms with Crippen LogP contribution in [0.25, 0.3) is 0 Å². The van der Waals surface area contributed by atoms with Crippen molar-refractivity contribution in [1.29, 1.82) is 5.26 Å². The topological polar surface area (TPSA) is 35.8 Å². The van der Waals surface area contributed by atoms with Gasteiger partial charge in [0.1, 0.15) is 11.6 Å². The molecule has 0 fully saturated rings. The highest BCUT2D eigenvalue weighted by atomic mass is 32.2. The Hall–Kier alpha value is -2.06. The predicted molar refractivity (Wildman–Crippen MR) is 76.6 cm³/mol. The lowest BCUT2D eigenvalue weighted by molar-refractivity contribution is 0.559. The first kappa shape index (κ1) is 14.4. The molecule has 2 aromatic carbocycles. The van der Waals surface area contributed by atoms with Crippen molar-refractivity contribution < 1.29 is 8.78 Å². The van der Waals surface area contributed by atoms with Crippen molar-refractivity contribution in [3.63, 3.8) is 0 Å². The van der Waals surface area contributed by atoms with Crippen molar-refractivity contribution in [2.45, 2.75) is 11.4 Å². The first-order valence-corrected chi connectivity index (χ1v) is 7.12. The van der Waals surface area contributed by atoms with E-state index in [-0.39, 0.29) is 17.7 Å². The Morgan fingerprint density at radius 1 is 1.20 bits per heavy atom. The summed E-state index contributed by atoms with van der Waals surface area (Å²) in [6.45, 7) is 0.0290. The number of thioether (sulfide) groups is 1. The molecule has 0 aromatic heterocycles. The molecule has 0 bridgehead atoms. The van der Waals surface area contributed by atoms with Crippen molar-refractivity contribution in [2.75, 3.05) is 11.6 Å². The van der Waals surface area contributed by atoms with E-state index >= 15 is 0 Å². The van der Waals surface area contributed by atoms with Crippen LogP contribution in [0.4, 0.5) is 14.5 Å². The minimum atomic E-state index is -0.713. The molecule has 2 rings (SSSR count). The zero-order valence-electron chi connectivity index (χ0n) is 10.8. The minimum Gasteiger partial charge on any atom is -0.381 e. The van der Waals surface area contributed by atoms with Gasteiger partial charge in [0.25, 0.3) is 0 Å². The summed E-state index contributed by atoms with van der Waals surface area (Å²) < 4.78 is 27.4. The highest BCUT2D eigenvalue weighted by Crippen LogP contribution is 2.21. The van der Waals surface area contributed by atoms with Gasteiger partial charge in [-0.1, -0.05) is 6.07 Å². The molecule has 0 amide bonds. The van der Waals surface area contributed by atoms with Crippen LogP contribution in [0.5, 0.6) is 0 Å². The predicted octanol–water partition coefficient (Wildman–Crippen LogP) is 4.17. The van der Waals surface area contributed by atoms with Crippen LogP contribution in [0, 0.1) is 23.0 Å². The number of nitrogens with zero attached hydrogens (tertiary/aromatic N) is 1. The van der Waals surface area contributed by atoms with Gasteiger partial charge in [0.15, 0.2) is 0 Å². The van der Waals surface area contributed by atoms with Gasteiger partial charge in [-0.3, -0.25) is 0 Å². The number of halogens is 2. The third kappa shape index (κ3) is 3.28. The maximum Gasteiger partial charge on any atom is 0.132 e. The van der Waals surface area contributed by atoms with Gasteiger partial charge in [0, 0.05) is 22.7 Å². The van der Waals surface area contributed by atoms with E-state index in [4.69, 9.17) is 5.26 Å². The van der Waals surface area contributed by atoms with Crippen LogP contribution in [-0.2, 0) is 6.54 Å². The van der Waals surface area contributed by atoms with Crippen molar-refractivity contribution in [3.05, 3.63) is 59.2 Å². The number of hydrogen-bond acceptors (Lipinski definition) is 3. The molecule has 1 N–H and O–H groups in total. The number of benzene rings is 2. The summed E-state index contributed by atoms with van der Waals surface area (Å²) in [5, 5.41) is 11.6. The number of nitrogens with one attached hydrogen (secondary N) is 1. The second kappa shape index (κ2) is 6.40. The van der Waals surface area contributed by atoms with Crippen molar-refractivity contribution >= 4 is 17.4 Å². The number of anilines is 1. The summed E-state index contributed by atoms with van der Waals surface area (Å²) in [7, 11) is 0. The molecule has 0 aliphatic carbocycles. The Labute approximate surface area is 120 Å². The summed E-state index contributed by atoms with van der Waals surface area (Å²) >= 11 is 1.59. The van der Waals surface area contributed by atoms with Gasteiger partial charge < -0.3 is 5.32 Å². The Kier molecular flexibility index (Phi) is 4.59. The summed E-state index contributed by atoms with van der Waals surface area (Å²) in [6.07, 6.45) is 1.96. The summed E-state index contributed by atoms with van der Waals surface area (Å²) in [5.41, 5.74) is 0.701. The lowest BCUT2D eigenvalue weighted by Gasteiger charge is -2.09. The smallest absolute Gasteiger partial charge is 0.132 e. The first-order valence-electron chi connectivity index (χ1n) is 5.90. The fourth-order valence-electron chi connectivity index (χ4n) is 1.76. The Bertz CT molecular complexity index is 642. The SMILES string of the molecule is CSc1cccc(NCc2c(F)cc(C#N)cc2F)c1. The van der Waals surface area contributed by atoms with Crippen LogP contribution in [0.3, 0.4) is 0 Å². The monoisotopic (exact) mass is 290 g/mol. The molecule has 0 aliphatic rings. The van der Waals surface area contributed by atoms with Crippen LogP contribution in [0.1, 0.15) is 11.1 Å². The van der Waals surface area contributed by atoms with Gasteiger partial charge in [-0.2, -0.15) is 5.26 Å². The summed E-state index contributed by atoms with van der Waals surface area (Å²) in [4.78, 5) is 1.07. The number of rotatable bonds is 4. The van der Waals surface area contributed by atoms with E-state index in [9.17, 15) is 8.78 Å². The third-order valence-electron chi connectivity index (χ3n) is 2.81. The molecule has 0 radical (unpaired) electrons. The second-order valence-electron chi connectivity index (χ2n) is 4.12. The average Bonchev–Trinajstić information content (AvgIpc) is 2.46. The quantitative estimate of drug-likeness (QED) is 0.858. The van der Waals surface area contributed by atoms with Crippen molar-refractivity contribution in [2.24, 2.45) is 0 Å². The van der Waals surface area contributed by atoms with Crippen LogP contribution in [-0.4, -0.2) is 6.26 Å². The normalized spacial score (nSPS) is 10.1. The van der Waals surface area contributed by atoms with Gasteiger partial charge in [0.05, 0.1) is 11.6 Å². The van der Waals surface area contributed by atoms with E-state index in [2.05, 4.69) is 5.32 Å². The maximum absolute atomic E-state index is 13.7. The zero-order chi connectivity index (χ0) is 14.5. The Balaban J connectivity index is 2.17. The van der Waals surface area contributed by atoms with E-state index in [1.165, 1.54) is 0 Å². The fraction of sp³-hybridized carbons (Fsp3) is 0.133. The minimum absolute atomic E-state index is 0.0202. The van der Waals surface area contributed by atoms with E-state index in [0.717, 1.165) is 22.7 Å². The van der Waals surface area contributed by atoms with E-state index < -0.39 is 11.6 Å². The van der Waals surface area contributed by atoms with Crippen LogP contribution in [0.15, 0.2) is 41.3 Å². The fourth-order valence-corrected chi connectivity index (χ4v) is 2.22. The standard InChI is InChI=1S/C15H12F2N2S/c1-20-12-4-2-3-11(7-12)19-9-13-14(16)5-10(8-18)6-15(13)17/h2-7,19H,9H2,1H3. The highest BCUT2D eigenvalue weighted by molar-refractivity contribution is 7.98. The largest absolute Gasteiger partial charge is 0.381 e. The molecule has 5 heteroatoms. The van der Waals surface area contributed by atoms with Crippen molar-refractivity contribution in [1.82, 2.24) is 0 Å². The molecule has 20 heavy (non-hydrogen) atoms. The van der Waals surface area contributed by atoms with Crippen LogP contribution >= 0.6 is 11.8 Å². The highest BCUT2D eigenvalue weighted by Gasteiger charge is 2.11. The summed E-state index contributed by atoms with van der Waals surface area (Å²) in [6, 6.07) is 11.4. The zero-order valence-corrected chi connectivity index (χ0v) is 11.6. The molecule has 0 saturated carbocycles. The molecule has 0 unspecified atom stereocenters. The number of nitriles is 1. The van der Waals surface area contributed by atoms with Crippen molar-refractivity contribution in [3.8, 4) is 6.07 Å². The number of hydrogen-bond donors (Lipinski definition) is 1. The maximum atomic E-state index is 13.7. The Morgan fingerprint density at radius 3 is 2.50 bits per heavy atom. The van der Waals surface area contributed by atoms with E-state index in [1.54, 1.807) is 17.8 Å². The molecule has 0 heterocycles. The van der Waals surface area contributed by atoms with Gasteiger partial charge >= 0.3 is 0 Å².